The molecular formula is C22H34O5. The average molecular weight is 379 g/mol. The van der Waals surface area contributed by atoms with E-state index >= 15 is 0 Å². The number of hydrogen-bond donors (Lipinski definition) is 1. The van der Waals surface area contributed by atoms with E-state index in [1.165, 1.54) is 5.56 Å². The molecule has 0 spiro atoms. The fourth-order valence-electron chi connectivity index (χ4n) is 2.82. The maximum atomic E-state index is 11.6. The molecular weight excluding hydrogens is 344 g/mol. The van der Waals surface area contributed by atoms with Crippen LogP contribution in [0.2, 0.25) is 0 Å². The minimum Gasteiger partial charge on any atom is -0.482 e. The number of aryl methyl sites for hydroxylation is 1. The lowest BCUT2D eigenvalue weighted by Gasteiger charge is -2.21. The molecule has 1 aromatic carbocycles. The van der Waals surface area contributed by atoms with Crippen LogP contribution in [0.25, 0.3) is 0 Å². The number of rotatable bonds is 12. The smallest absolute Gasteiger partial charge is 0.344 e. The van der Waals surface area contributed by atoms with Crippen LogP contribution in [0.1, 0.15) is 77.3 Å². The van der Waals surface area contributed by atoms with Crippen LogP contribution in [-0.2, 0) is 26.2 Å². The normalized spacial score (nSPS) is 11.3. The molecule has 1 N–H and O–H groups in total. The van der Waals surface area contributed by atoms with Crippen molar-refractivity contribution < 1.29 is 24.2 Å². The van der Waals surface area contributed by atoms with Gasteiger partial charge in [0.1, 0.15) is 5.75 Å². The summed E-state index contributed by atoms with van der Waals surface area (Å²) in [6.45, 7) is 8.49. The third-order valence-corrected chi connectivity index (χ3v) is 4.42. The first-order chi connectivity index (χ1) is 12.7. The standard InChI is InChI=1S/C22H34O5/c1-5-26-21(25)16-27-19-15-18(22(2,3)4)14-13-17(19)11-9-7-6-8-10-12-20(23)24/h13-15H,5-12,16H2,1-4H3,(H,23,24). The summed E-state index contributed by atoms with van der Waals surface area (Å²) >= 11 is 0. The van der Waals surface area contributed by atoms with Crippen molar-refractivity contribution in [1.29, 1.82) is 0 Å². The van der Waals surface area contributed by atoms with Crippen LogP contribution in [0.4, 0.5) is 0 Å². The minimum absolute atomic E-state index is 0.00467. The molecule has 0 unspecified atom stereocenters. The van der Waals surface area contributed by atoms with Crippen molar-refractivity contribution in [3.05, 3.63) is 29.3 Å². The molecule has 0 aliphatic heterocycles. The maximum Gasteiger partial charge on any atom is 0.344 e. The molecule has 0 radical (unpaired) electrons. The largest absolute Gasteiger partial charge is 0.482 e. The monoisotopic (exact) mass is 378 g/mol. The van der Waals surface area contributed by atoms with Gasteiger partial charge in [-0.15, -0.1) is 0 Å². The second-order valence-electron chi connectivity index (χ2n) is 7.83. The molecule has 5 nitrogen and oxygen atoms in total. The van der Waals surface area contributed by atoms with E-state index in [-0.39, 0.29) is 24.4 Å². The number of carbonyl (C=O) groups excluding carboxylic acids is 1. The summed E-state index contributed by atoms with van der Waals surface area (Å²) in [5.74, 6) is -0.332. The van der Waals surface area contributed by atoms with Gasteiger partial charge >= 0.3 is 11.9 Å². The Bertz CT molecular complexity index is 601. The summed E-state index contributed by atoms with van der Waals surface area (Å²) in [7, 11) is 0. The van der Waals surface area contributed by atoms with Gasteiger partial charge in [0.25, 0.3) is 0 Å². The van der Waals surface area contributed by atoms with Crippen LogP contribution >= 0.6 is 0 Å². The molecule has 1 aromatic rings. The molecule has 0 bridgehead atoms. The zero-order valence-corrected chi connectivity index (χ0v) is 17.2. The molecule has 27 heavy (non-hydrogen) atoms. The lowest BCUT2D eigenvalue weighted by Crippen LogP contribution is -2.16. The van der Waals surface area contributed by atoms with Crippen LogP contribution in [0.3, 0.4) is 0 Å². The van der Waals surface area contributed by atoms with E-state index in [4.69, 9.17) is 14.6 Å². The van der Waals surface area contributed by atoms with Gasteiger partial charge in [-0.2, -0.15) is 0 Å². The van der Waals surface area contributed by atoms with Crippen molar-refractivity contribution in [3.63, 3.8) is 0 Å². The molecule has 0 atom stereocenters. The Hall–Kier alpha value is -2.04. The van der Waals surface area contributed by atoms with Crippen molar-refractivity contribution in [3.8, 4) is 5.75 Å². The Morgan fingerprint density at radius 1 is 1.04 bits per heavy atom. The summed E-state index contributed by atoms with van der Waals surface area (Å²) in [5.41, 5.74) is 2.27. The second-order valence-corrected chi connectivity index (χ2v) is 7.83. The third-order valence-electron chi connectivity index (χ3n) is 4.42. The van der Waals surface area contributed by atoms with Gasteiger partial charge in [-0.25, -0.2) is 4.79 Å². The Kier molecular flexibility index (Phi) is 9.90. The molecule has 0 aliphatic rings. The zero-order valence-electron chi connectivity index (χ0n) is 17.2. The van der Waals surface area contributed by atoms with Crippen LogP contribution in [0, 0.1) is 0 Å². The summed E-state index contributed by atoms with van der Waals surface area (Å²) in [4.78, 5) is 22.1. The van der Waals surface area contributed by atoms with Gasteiger partial charge in [0.05, 0.1) is 6.61 Å². The minimum atomic E-state index is -0.725. The van der Waals surface area contributed by atoms with Gasteiger partial charge in [0, 0.05) is 6.42 Å². The molecule has 0 amide bonds. The number of esters is 1. The Balaban J connectivity index is 2.62. The second kappa shape index (κ2) is 11.6. The van der Waals surface area contributed by atoms with Crippen molar-refractivity contribution in [2.75, 3.05) is 13.2 Å². The Morgan fingerprint density at radius 2 is 1.70 bits per heavy atom. The quantitative estimate of drug-likeness (QED) is 0.414. The molecule has 0 fully saturated rings. The molecule has 0 heterocycles. The highest BCUT2D eigenvalue weighted by Crippen LogP contribution is 2.29. The van der Waals surface area contributed by atoms with Gasteiger partial charge in [-0.1, -0.05) is 52.2 Å². The van der Waals surface area contributed by atoms with E-state index < -0.39 is 5.97 Å². The fraction of sp³-hybridized carbons (Fsp3) is 0.636. The Labute approximate surface area is 163 Å². The predicted molar refractivity (Wildman–Crippen MR) is 106 cm³/mol. The summed E-state index contributed by atoms with van der Waals surface area (Å²) in [5, 5.41) is 8.65. The molecule has 152 valence electrons. The number of carboxylic acids is 1. The highest BCUT2D eigenvalue weighted by atomic mass is 16.6. The first-order valence-electron chi connectivity index (χ1n) is 9.87. The number of carbonyl (C=O) groups is 2. The van der Waals surface area contributed by atoms with Crippen LogP contribution < -0.4 is 4.74 Å². The molecule has 5 heteroatoms. The number of aliphatic carboxylic acids is 1. The van der Waals surface area contributed by atoms with E-state index in [0.29, 0.717) is 6.61 Å². The SMILES string of the molecule is CCOC(=O)COc1cc(C(C)(C)C)ccc1CCCCCCCC(=O)O. The zero-order chi connectivity index (χ0) is 20.3. The van der Waals surface area contributed by atoms with Gasteiger partial charge < -0.3 is 14.6 Å². The molecule has 0 saturated heterocycles. The average Bonchev–Trinajstić information content (AvgIpc) is 2.58. The van der Waals surface area contributed by atoms with Crippen molar-refractivity contribution >= 4 is 11.9 Å². The highest BCUT2D eigenvalue weighted by Gasteiger charge is 2.17. The van der Waals surface area contributed by atoms with E-state index in [0.717, 1.165) is 49.8 Å². The Morgan fingerprint density at radius 3 is 2.33 bits per heavy atom. The van der Waals surface area contributed by atoms with Crippen molar-refractivity contribution in [2.24, 2.45) is 0 Å². The molecule has 1 rings (SSSR count). The molecule has 0 saturated carbocycles. The predicted octanol–water partition coefficient (Wildman–Crippen LogP) is 4.89. The number of unbranched alkanes of at least 4 members (excludes halogenated alkanes) is 4. The van der Waals surface area contributed by atoms with Gasteiger partial charge in [-0.3, -0.25) is 4.79 Å². The summed E-state index contributed by atoms with van der Waals surface area (Å²) in [6, 6.07) is 6.24. The van der Waals surface area contributed by atoms with Crippen LogP contribution in [0.5, 0.6) is 5.75 Å². The van der Waals surface area contributed by atoms with E-state index in [9.17, 15) is 9.59 Å². The van der Waals surface area contributed by atoms with Gasteiger partial charge in [0.15, 0.2) is 6.61 Å². The van der Waals surface area contributed by atoms with Crippen LogP contribution in [-0.4, -0.2) is 30.3 Å². The highest BCUT2D eigenvalue weighted by molar-refractivity contribution is 5.71. The first-order valence-corrected chi connectivity index (χ1v) is 9.87. The maximum absolute atomic E-state index is 11.6. The summed E-state index contributed by atoms with van der Waals surface area (Å²) < 4.78 is 10.7. The van der Waals surface area contributed by atoms with Crippen molar-refractivity contribution in [2.45, 2.75) is 78.1 Å². The lowest BCUT2D eigenvalue weighted by atomic mass is 9.86. The van der Waals surface area contributed by atoms with E-state index in [1.807, 2.05) is 6.07 Å². The van der Waals surface area contributed by atoms with Crippen LogP contribution in [0.15, 0.2) is 18.2 Å². The number of carboxylic acid groups (broad SMARTS) is 1. The van der Waals surface area contributed by atoms with Gasteiger partial charge in [0.2, 0.25) is 0 Å². The first kappa shape index (κ1) is 23.0. The lowest BCUT2D eigenvalue weighted by molar-refractivity contribution is -0.145. The number of hydrogen-bond acceptors (Lipinski definition) is 4. The van der Waals surface area contributed by atoms with E-state index in [2.05, 4.69) is 32.9 Å². The van der Waals surface area contributed by atoms with Crippen molar-refractivity contribution in [1.82, 2.24) is 0 Å². The third kappa shape index (κ3) is 9.45. The van der Waals surface area contributed by atoms with Gasteiger partial charge in [-0.05, 0) is 48.8 Å². The molecule has 0 aromatic heterocycles. The fourth-order valence-corrected chi connectivity index (χ4v) is 2.82. The summed E-state index contributed by atoms with van der Waals surface area (Å²) in [6.07, 6.45) is 5.91. The van der Waals surface area contributed by atoms with E-state index in [1.54, 1.807) is 6.92 Å². The number of ether oxygens (including phenoxy) is 2. The molecule has 0 aliphatic carbocycles. The number of benzene rings is 1. The topological polar surface area (TPSA) is 72.8 Å².